The van der Waals surface area contributed by atoms with Crippen molar-refractivity contribution in [3.8, 4) is 0 Å². The number of fused-ring (bicyclic) bond motifs is 2. The number of carbonyl (C=O) groups is 1. The Hall–Kier alpha value is -1.26. The summed E-state index contributed by atoms with van der Waals surface area (Å²) in [5, 5.41) is 11.9. The Balaban J connectivity index is 1.97. The summed E-state index contributed by atoms with van der Waals surface area (Å²) < 4.78 is 0. The van der Waals surface area contributed by atoms with Crippen LogP contribution in [-0.2, 0) is 4.79 Å². The van der Waals surface area contributed by atoms with Gasteiger partial charge in [0.1, 0.15) is 5.92 Å². The van der Waals surface area contributed by atoms with Gasteiger partial charge in [0, 0.05) is 13.6 Å². The molecule has 5 heteroatoms. The van der Waals surface area contributed by atoms with Crippen LogP contribution in [0.15, 0.2) is 5.16 Å². The van der Waals surface area contributed by atoms with Crippen LogP contribution in [0.1, 0.15) is 39.5 Å². The van der Waals surface area contributed by atoms with Gasteiger partial charge in [-0.3, -0.25) is 4.79 Å². The van der Waals surface area contributed by atoms with E-state index in [4.69, 9.17) is 10.9 Å². The summed E-state index contributed by atoms with van der Waals surface area (Å²) >= 11 is 0. The molecule has 2 saturated carbocycles. The highest BCUT2D eigenvalue weighted by Crippen LogP contribution is 2.48. The highest BCUT2D eigenvalue weighted by molar-refractivity contribution is 6.02. The third-order valence-corrected chi connectivity index (χ3v) is 5.14. The lowest BCUT2D eigenvalue weighted by Crippen LogP contribution is -2.44. The van der Waals surface area contributed by atoms with E-state index in [9.17, 15) is 4.79 Å². The molecule has 2 aliphatic rings. The molecule has 1 amide bonds. The third-order valence-electron chi connectivity index (χ3n) is 5.14. The van der Waals surface area contributed by atoms with Gasteiger partial charge in [-0.15, -0.1) is 0 Å². The first-order valence-electron chi connectivity index (χ1n) is 7.66. The van der Waals surface area contributed by atoms with E-state index < -0.39 is 5.92 Å². The summed E-state index contributed by atoms with van der Waals surface area (Å²) in [5.74, 6) is 1.82. The smallest absolute Gasteiger partial charge is 0.233 e. The molecule has 0 radical (unpaired) electrons. The van der Waals surface area contributed by atoms with E-state index in [1.54, 1.807) is 4.90 Å². The van der Waals surface area contributed by atoms with Crippen molar-refractivity contribution in [2.45, 2.75) is 39.5 Å². The van der Waals surface area contributed by atoms with Crippen LogP contribution in [0.4, 0.5) is 0 Å². The summed E-state index contributed by atoms with van der Waals surface area (Å²) in [6, 6.07) is 0. The van der Waals surface area contributed by atoms with Crippen LogP contribution in [0, 0.1) is 29.6 Å². The summed E-state index contributed by atoms with van der Waals surface area (Å²) in [7, 11) is 1.84. The molecule has 20 heavy (non-hydrogen) atoms. The third kappa shape index (κ3) is 2.91. The molecule has 0 saturated heterocycles. The minimum Gasteiger partial charge on any atom is -0.409 e. The van der Waals surface area contributed by atoms with Crippen LogP contribution in [0.2, 0.25) is 0 Å². The van der Waals surface area contributed by atoms with E-state index in [0.717, 1.165) is 18.4 Å². The van der Waals surface area contributed by atoms with Gasteiger partial charge in [0.15, 0.2) is 5.84 Å². The number of hydrogen-bond acceptors (Lipinski definition) is 3. The van der Waals surface area contributed by atoms with Crippen molar-refractivity contribution < 1.29 is 10.0 Å². The second-order valence-electron chi connectivity index (χ2n) is 6.90. The molecule has 0 aromatic rings. The zero-order valence-corrected chi connectivity index (χ0v) is 12.7. The summed E-state index contributed by atoms with van der Waals surface area (Å²) in [5.41, 5.74) is 5.68. The van der Waals surface area contributed by atoms with Crippen LogP contribution < -0.4 is 5.73 Å². The highest BCUT2D eigenvalue weighted by Gasteiger charge is 2.40. The number of hydrogen-bond donors (Lipinski definition) is 2. The van der Waals surface area contributed by atoms with Gasteiger partial charge in [0.25, 0.3) is 0 Å². The van der Waals surface area contributed by atoms with E-state index in [1.807, 2.05) is 20.9 Å². The maximum absolute atomic E-state index is 12.5. The topological polar surface area (TPSA) is 78.9 Å². The van der Waals surface area contributed by atoms with E-state index >= 15 is 0 Å². The van der Waals surface area contributed by atoms with Gasteiger partial charge in [0.05, 0.1) is 0 Å². The number of amides is 1. The Kier molecular flexibility index (Phi) is 4.55. The molecule has 3 N–H and O–H groups in total. The van der Waals surface area contributed by atoms with Crippen molar-refractivity contribution in [2.24, 2.45) is 40.5 Å². The lowest BCUT2D eigenvalue weighted by molar-refractivity contribution is -0.134. The lowest BCUT2D eigenvalue weighted by atomic mass is 9.87. The summed E-state index contributed by atoms with van der Waals surface area (Å²) in [6.07, 6.45) is 5.31. The fourth-order valence-electron chi connectivity index (χ4n) is 4.09. The predicted octanol–water partition coefficient (Wildman–Crippen LogP) is 1.90. The standard InChI is InChI=1S/C15H27N3O2/c1-9(2)13(14(16)17-20)15(19)18(3)8-12-7-10-4-5-11(12)6-10/h9-13,20H,4-8H2,1-3H3,(H2,16,17). The first-order valence-corrected chi connectivity index (χ1v) is 7.66. The van der Waals surface area contributed by atoms with Crippen LogP contribution in [0.25, 0.3) is 0 Å². The minimum absolute atomic E-state index is 0.0183. The first-order chi connectivity index (χ1) is 9.43. The quantitative estimate of drug-likeness (QED) is 0.349. The van der Waals surface area contributed by atoms with Gasteiger partial charge >= 0.3 is 0 Å². The van der Waals surface area contributed by atoms with Crippen molar-refractivity contribution in [1.82, 2.24) is 4.90 Å². The van der Waals surface area contributed by atoms with E-state index in [2.05, 4.69) is 5.16 Å². The van der Waals surface area contributed by atoms with Gasteiger partial charge in [-0.2, -0.15) is 0 Å². The number of nitrogens with zero attached hydrogens (tertiary/aromatic N) is 2. The molecule has 2 fully saturated rings. The molecule has 0 spiro atoms. The molecular weight excluding hydrogens is 254 g/mol. The lowest BCUT2D eigenvalue weighted by Gasteiger charge is -2.30. The largest absolute Gasteiger partial charge is 0.409 e. The van der Waals surface area contributed by atoms with Crippen molar-refractivity contribution in [3.05, 3.63) is 0 Å². The van der Waals surface area contributed by atoms with Crippen molar-refractivity contribution in [2.75, 3.05) is 13.6 Å². The highest BCUT2D eigenvalue weighted by atomic mass is 16.4. The van der Waals surface area contributed by atoms with Gasteiger partial charge < -0.3 is 15.8 Å². The molecule has 0 aromatic heterocycles. The molecule has 2 rings (SSSR count). The fraction of sp³-hybridized carbons (Fsp3) is 0.867. The van der Waals surface area contributed by atoms with Gasteiger partial charge in [-0.1, -0.05) is 25.4 Å². The molecule has 5 nitrogen and oxygen atoms in total. The zero-order valence-electron chi connectivity index (χ0n) is 12.7. The molecule has 0 heterocycles. The van der Waals surface area contributed by atoms with E-state index in [1.165, 1.54) is 25.7 Å². The minimum atomic E-state index is -0.524. The molecule has 2 aliphatic carbocycles. The molecule has 0 aromatic carbocycles. The maximum atomic E-state index is 12.5. The average molecular weight is 281 g/mol. The Morgan fingerprint density at radius 2 is 2.10 bits per heavy atom. The maximum Gasteiger partial charge on any atom is 0.233 e. The number of amidine groups is 1. The second-order valence-corrected chi connectivity index (χ2v) is 6.90. The molecule has 4 atom stereocenters. The average Bonchev–Trinajstić information content (AvgIpc) is 3.00. The van der Waals surface area contributed by atoms with Gasteiger partial charge in [-0.05, 0) is 42.9 Å². The number of nitrogens with two attached hydrogens (primary N) is 1. The summed E-state index contributed by atoms with van der Waals surface area (Å²) in [6.45, 7) is 4.65. The zero-order chi connectivity index (χ0) is 14.9. The Labute approximate surface area is 121 Å². The van der Waals surface area contributed by atoms with Crippen LogP contribution in [-0.4, -0.2) is 35.4 Å². The second kappa shape index (κ2) is 6.02. The summed E-state index contributed by atoms with van der Waals surface area (Å²) in [4.78, 5) is 14.3. The Morgan fingerprint density at radius 3 is 2.55 bits per heavy atom. The molecule has 0 aliphatic heterocycles. The van der Waals surface area contributed by atoms with E-state index in [-0.39, 0.29) is 17.7 Å². The molecule has 114 valence electrons. The monoisotopic (exact) mass is 281 g/mol. The van der Waals surface area contributed by atoms with Crippen molar-refractivity contribution >= 4 is 11.7 Å². The van der Waals surface area contributed by atoms with Gasteiger partial charge in [-0.25, -0.2) is 0 Å². The Bertz CT molecular complexity index is 395. The van der Waals surface area contributed by atoms with Crippen LogP contribution in [0.3, 0.4) is 0 Å². The number of oxime groups is 1. The van der Waals surface area contributed by atoms with Gasteiger partial charge in [0.2, 0.25) is 5.91 Å². The predicted molar refractivity (Wildman–Crippen MR) is 78.3 cm³/mol. The molecule has 4 unspecified atom stereocenters. The van der Waals surface area contributed by atoms with Crippen molar-refractivity contribution in [1.29, 1.82) is 0 Å². The van der Waals surface area contributed by atoms with E-state index in [0.29, 0.717) is 5.92 Å². The van der Waals surface area contributed by atoms with Crippen LogP contribution >= 0.6 is 0 Å². The molecule has 2 bridgehead atoms. The first kappa shape index (κ1) is 15.1. The number of carbonyl (C=O) groups excluding carboxylic acids is 1. The molecular formula is C15H27N3O2. The van der Waals surface area contributed by atoms with Crippen molar-refractivity contribution in [3.63, 3.8) is 0 Å². The SMILES string of the molecule is CC(C)C(C(=O)N(C)CC1CC2CCC1C2)C(N)=NO. The van der Waals surface area contributed by atoms with Crippen LogP contribution in [0.5, 0.6) is 0 Å². The Morgan fingerprint density at radius 1 is 1.40 bits per heavy atom. The fourth-order valence-corrected chi connectivity index (χ4v) is 4.09. The normalized spacial score (nSPS) is 30.8. The number of rotatable bonds is 5.